The lowest BCUT2D eigenvalue weighted by atomic mass is 10.0. The second-order valence-corrected chi connectivity index (χ2v) is 7.49. The molecular weight excluding hydrogens is 347 g/mol. The molecule has 0 aromatic heterocycles. The Morgan fingerprint density at radius 1 is 1.19 bits per heavy atom. The monoisotopic (exact) mass is 378 g/mol. The van der Waals surface area contributed by atoms with Crippen molar-refractivity contribution in [2.45, 2.75) is 25.3 Å². The minimum Gasteiger partial charge on any atom is -0.493 e. The Hall–Kier alpha value is -1.70. The van der Waals surface area contributed by atoms with Crippen molar-refractivity contribution in [2.75, 3.05) is 59.5 Å². The SMILES string of the molecule is CN1CCC(N2CCN(C(=O)c3cc(F)ccc3OCCCN)CC2)CC1. The third-order valence-corrected chi connectivity index (χ3v) is 5.58. The summed E-state index contributed by atoms with van der Waals surface area (Å²) in [5.74, 6) is -0.137. The lowest BCUT2D eigenvalue weighted by Gasteiger charge is -2.42. The van der Waals surface area contributed by atoms with E-state index in [9.17, 15) is 9.18 Å². The van der Waals surface area contributed by atoms with Gasteiger partial charge in [0, 0.05) is 32.2 Å². The molecule has 1 amide bonds. The van der Waals surface area contributed by atoms with Crippen LogP contribution in [0.4, 0.5) is 4.39 Å². The summed E-state index contributed by atoms with van der Waals surface area (Å²) in [4.78, 5) is 19.6. The Labute approximate surface area is 161 Å². The van der Waals surface area contributed by atoms with Gasteiger partial charge in [-0.25, -0.2) is 4.39 Å². The van der Waals surface area contributed by atoms with E-state index in [2.05, 4.69) is 16.8 Å². The van der Waals surface area contributed by atoms with Gasteiger partial charge in [0.25, 0.3) is 5.91 Å². The molecule has 27 heavy (non-hydrogen) atoms. The van der Waals surface area contributed by atoms with Crippen LogP contribution in [0, 0.1) is 5.82 Å². The normalized spacial score (nSPS) is 20.0. The van der Waals surface area contributed by atoms with E-state index >= 15 is 0 Å². The molecule has 2 heterocycles. The van der Waals surface area contributed by atoms with Crippen LogP contribution in [0.25, 0.3) is 0 Å². The highest BCUT2D eigenvalue weighted by atomic mass is 19.1. The van der Waals surface area contributed by atoms with Gasteiger partial charge < -0.3 is 20.3 Å². The minimum absolute atomic E-state index is 0.153. The number of hydrogen-bond donors (Lipinski definition) is 1. The Morgan fingerprint density at radius 3 is 2.56 bits per heavy atom. The summed E-state index contributed by atoms with van der Waals surface area (Å²) in [5.41, 5.74) is 5.80. The summed E-state index contributed by atoms with van der Waals surface area (Å²) in [6, 6.07) is 4.76. The molecule has 0 atom stereocenters. The van der Waals surface area contributed by atoms with Crippen LogP contribution in [0.3, 0.4) is 0 Å². The first-order valence-corrected chi connectivity index (χ1v) is 9.93. The van der Waals surface area contributed by atoms with Crippen LogP contribution in [-0.2, 0) is 0 Å². The van der Waals surface area contributed by atoms with E-state index in [1.54, 1.807) is 0 Å². The number of halogens is 1. The molecule has 3 rings (SSSR count). The fourth-order valence-electron chi connectivity index (χ4n) is 3.88. The van der Waals surface area contributed by atoms with Crippen molar-refractivity contribution in [3.05, 3.63) is 29.6 Å². The molecule has 150 valence electrons. The third-order valence-electron chi connectivity index (χ3n) is 5.58. The number of rotatable bonds is 6. The maximum Gasteiger partial charge on any atom is 0.257 e. The van der Waals surface area contributed by atoms with Crippen LogP contribution in [0.2, 0.25) is 0 Å². The molecule has 0 bridgehead atoms. The largest absolute Gasteiger partial charge is 0.493 e. The topological polar surface area (TPSA) is 62.0 Å². The van der Waals surface area contributed by atoms with Gasteiger partial charge in [-0.05, 0) is 64.1 Å². The summed E-state index contributed by atoms with van der Waals surface area (Å²) >= 11 is 0. The second-order valence-electron chi connectivity index (χ2n) is 7.49. The van der Waals surface area contributed by atoms with Gasteiger partial charge in [-0.2, -0.15) is 0 Å². The smallest absolute Gasteiger partial charge is 0.257 e. The van der Waals surface area contributed by atoms with Crippen molar-refractivity contribution in [3.63, 3.8) is 0 Å². The van der Waals surface area contributed by atoms with Gasteiger partial charge in [0.05, 0.1) is 12.2 Å². The molecule has 0 aliphatic carbocycles. The standard InChI is InChI=1S/C20H31FN4O2/c1-23-8-5-17(6-9-23)24-10-12-25(13-11-24)20(26)18-15-16(21)3-4-19(18)27-14-2-7-22/h3-4,15,17H,2,5-14,22H2,1H3. The predicted molar refractivity (Wildman–Crippen MR) is 104 cm³/mol. The number of amides is 1. The van der Waals surface area contributed by atoms with Crippen LogP contribution in [-0.4, -0.2) is 86.1 Å². The van der Waals surface area contributed by atoms with Crippen molar-refractivity contribution in [1.82, 2.24) is 14.7 Å². The summed E-state index contributed by atoms with van der Waals surface area (Å²) in [5, 5.41) is 0. The van der Waals surface area contributed by atoms with E-state index in [4.69, 9.17) is 10.5 Å². The van der Waals surface area contributed by atoms with E-state index in [1.807, 2.05) is 4.90 Å². The predicted octanol–water partition coefficient (Wildman–Crippen LogP) is 1.41. The van der Waals surface area contributed by atoms with Gasteiger partial charge in [0.1, 0.15) is 11.6 Å². The first-order valence-electron chi connectivity index (χ1n) is 9.93. The Bertz CT molecular complexity index is 626. The average molecular weight is 378 g/mol. The van der Waals surface area contributed by atoms with E-state index in [0.29, 0.717) is 50.0 Å². The minimum atomic E-state index is -0.422. The Morgan fingerprint density at radius 2 is 1.89 bits per heavy atom. The molecule has 7 heteroatoms. The quantitative estimate of drug-likeness (QED) is 0.759. The van der Waals surface area contributed by atoms with E-state index in [-0.39, 0.29) is 5.91 Å². The van der Waals surface area contributed by atoms with Crippen molar-refractivity contribution < 1.29 is 13.9 Å². The summed E-state index contributed by atoms with van der Waals surface area (Å²) in [6.07, 6.45) is 3.07. The van der Waals surface area contributed by atoms with Gasteiger partial charge >= 0.3 is 0 Å². The third kappa shape index (κ3) is 5.18. The Balaban J connectivity index is 1.59. The molecular formula is C20H31FN4O2. The van der Waals surface area contributed by atoms with Gasteiger partial charge in [-0.3, -0.25) is 9.69 Å². The van der Waals surface area contributed by atoms with Gasteiger partial charge in [-0.1, -0.05) is 0 Å². The number of carbonyl (C=O) groups excluding carboxylic acids is 1. The zero-order valence-electron chi connectivity index (χ0n) is 16.2. The summed E-state index contributed by atoms with van der Waals surface area (Å²) in [7, 11) is 2.17. The van der Waals surface area contributed by atoms with Crippen LogP contribution in [0.15, 0.2) is 18.2 Å². The highest BCUT2D eigenvalue weighted by Crippen LogP contribution is 2.24. The van der Waals surface area contributed by atoms with Crippen molar-refractivity contribution in [3.8, 4) is 5.75 Å². The molecule has 0 unspecified atom stereocenters. The lowest BCUT2D eigenvalue weighted by Crippen LogP contribution is -2.54. The van der Waals surface area contributed by atoms with Gasteiger partial charge in [0.15, 0.2) is 0 Å². The number of benzene rings is 1. The molecule has 6 nitrogen and oxygen atoms in total. The molecule has 0 radical (unpaired) electrons. The lowest BCUT2D eigenvalue weighted by molar-refractivity contribution is 0.0472. The number of piperazine rings is 1. The van der Waals surface area contributed by atoms with Crippen LogP contribution >= 0.6 is 0 Å². The van der Waals surface area contributed by atoms with Crippen molar-refractivity contribution in [2.24, 2.45) is 5.73 Å². The molecule has 2 saturated heterocycles. The zero-order valence-corrected chi connectivity index (χ0v) is 16.2. The number of nitrogens with zero attached hydrogens (tertiary/aromatic N) is 3. The molecule has 0 saturated carbocycles. The molecule has 2 N–H and O–H groups in total. The number of hydrogen-bond acceptors (Lipinski definition) is 5. The van der Waals surface area contributed by atoms with E-state index in [0.717, 1.165) is 26.2 Å². The van der Waals surface area contributed by atoms with Gasteiger partial charge in [0.2, 0.25) is 0 Å². The highest BCUT2D eigenvalue weighted by Gasteiger charge is 2.29. The van der Waals surface area contributed by atoms with Crippen LogP contribution in [0.1, 0.15) is 29.6 Å². The molecule has 1 aromatic rings. The number of ether oxygens (including phenoxy) is 1. The fourth-order valence-corrected chi connectivity index (χ4v) is 3.88. The maximum absolute atomic E-state index is 13.7. The highest BCUT2D eigenvalue weighted by molar-refractivity contribution is 5.97. The summed E-state index contributed by atoms with van der Waals surface area (Å²) < 4.78 is 19.4. The number of likely N-dealkylation sites (tertiary alicyclic amines) is 1. The molecule has 0 spiro atoms. The zero-order chi connectivity index (χ0) is 19.2. The van der Waals surface area contributed by atoms with E-state index in [1.165, 1.54) is 31.0 Å². The van der Waals surface area contributed by atoms with Crippen molar-refractivity contribution >= 4 is 5.91 Å². The maximum atomic E-state index is 13.7. The molecule has 2 aliphatic heterocycles. The molecule has 1 aromatic carbocycles. The average Bonchev–Trinajstić information content (AvgIpc) is 2.69. The van der Waals surface area contributed by atoms with Crippen LogP contribution in [0.5, 0.6) is 5.75 Å². The number of carbonyl (C=O) groups is 1. The number of nitrogens with two attached hydrogens (primary N) is 1. The van der Waals surface area contributed by atoms with E-state index < -0.39 is 5.82 Å². The second kappa shape index (κ2) is 9.48. The first-order chi connectivity index (χ1) is 13.1. The fraction of sp³-hybridized carbons (Fsp3) is 0.650. The summed E-state index contributed by atoms with van der Waals surface area (Å²) in [6.45, 7) is 6.30. The number of piperidine rings is 1. The van der Waals surface area contributed by atoms with Crippen molar-refractivity contribution in [1.29, 1.82) is 0 Å². The molecule has 2 aliphatic rings. The Kier molecular flexibility index (Phi) is 7.04. The van der Waals surface area contributed by atoms with Crippen LogP contribution < -0.4 is 10.5 Å². The molecule has 2 fully saturated rings. The first kappa shape index (κ1) is 20.0. The van der Waals surface area contributed by atoms with Gasteiger partial charge in [-0.15, -0.1) is 0 Å².